The minimum atomic E-state index is -0.158. The van der Waals surface area contributed by atoms with E-state index in [2.05, 4.69) is 15.4 Å². The molecule has 3 heterocycles. The van der Waals surface area contributed by atoms with Gasteiger partial charge in [-0.3, -0.25) is 9.48 Å². The molecular weight excluding hydrogens is 324 g/mol. The minimum Gasteiger partial charge on any atom is -0.464 e. The van der Waals surface area contributed by atoms with Gasteiger partial charge >= 0.3 is 0 Å². The Kier molecular flexibility index (Phi) is 3.84. The molecule has 1 N–H and O–H groups in total. The monoisotopic (exact) mass is 338 g/mol. The molecule has 0 spiro atoms. The van der Waals surface area contributed by atoms with Crippen LogP contribution in [0.1, 0.15) is 9.80 Å². The molecule has 0 saturated carbocycles. The van der Waals surface area contributed by atoms with E-state index in [9.17, 15) is 4.79 Å². The standard InChI is InChI=1S/C17H14N4O2S/c22-16(17-20-13-4-1-2-6-15(13)24-17)18-7-8-21-11-12(10-19-21)14-5-3-9-23-14/h1-6,9-11H,7-8H2,(H,18,22). The Morgan fingerprint density at radius 2 is 2.17 bits per heavy atom. The maximum absolute atomic E-state index is 12.2. The summed E-state index contributed by atoms with van der Waals surface area (Å²) in [6, 6.07) is 11.4. The highest BCUT2D eigenvalue weighted by Crippen LogP contribution is 2.21. The minimum absolute atomic E-state index is 0.158. The fraction of sp³-hybridized carbons (Fsp3) is 0.118. The maximum Gasteiger partial charge on any atom is 0.280 e. The normalized spacial score (nSPS) is 11.0. The molecule has 1 amide bonds. The van der Waals surface area contributed by atoms with E-state index in [1.54, 1.807) is 17.1 Å². The zero-order valence-corrected chi connectivity index (χ0v) is 13.5. The van der Waals surface area contributed by atoms with E-state index in [4.69, 9.17) is 4.42 Å². The smallest absolute Gasteiger partial charge is 0.280 e. The average Bonchev–Trinajstić information content (AvgIpc) is 3.33. The van der Waals surface area contributed by atoms with Gasteiger partial charge in [0.2, 0.25) is 0 Å². The Labute approximate surface area is 141 Å². The molecule has 4 aromatic rings. The lowest BCUT2D eigenvalue weighted by molar-refractivity contribution is 0.0952. The van der Waals surface area contributed by atoms with Gasteiger partial charge in [0.25, 0.3) is 5.91 Å². The van der Waals surface area contributed by atoms with Crippen molar-refractivity contribution in [1.82, 2.24) is 20.1 Å². The Hall–Kier alpha value is -2.93. The van der Waals surface area contributed by atoms with E-state index >= 15 is 0 Å². The highest BCUT2D eigenvalue weighted by atomic mass is 32.1. The highest BCUT2D eigenvalue weighted by Gasteiger charge is 2.11. The predicted molar refractivity (Wildman–Crippen MR) is 91.9 cm³/mol. The second-order valence-corrected chi connectivity index (χ2v) is 6.24. The van der Waals surface area contributed by atoms with Crippen molar-refractivity contribution in [3.8, 4) is 11.3 Å². The summed E-state index contributed by atoms with van der Waals surface area (Å²) in [5.41, 5.74) is 1.76. The zero-order chi connectivity index (χ0) is 16.4. The molecule has 0 atom stereocenters. The van der Waals surface area contributed by atoms with Crippen LogP contribution in [-0.2, 0) is 6.54 Å². The molecule has 24 heavy (non-hydrogen) atoms. The highest BCUT2D eigenvalue weighted by molar-refractivity contribution is 7.20. The first-order chi connectivity index (χ1) is 11.8. The second kappa shape index (κ2) is 6.29. The molecule has 4 rings (SSSR count). The van der Waals surface area contributed by atoms with Gasteiger partial charge in [-0.1, -0.05) is 12.1 Å². The Morgan fingerprint density at radius 1 is 1.25 bits per heavy atom. The van der Waals surface area contributed by atoms with Crippen LogP contribution in [0.15, 0.2) is 59.5 Å². The van der Waals surface area contributed by atoms with E-state index in [0.29, 0.717) is 18.1 Å². The molecule has 0 aliphatic carbocycles. The largest absolute Gasteiger partial charge is 0.464 e. The number of nitrogens with zero attached hydrogens (tertiary/aromatic N) is 3. The van der Waals surface area contributed by atoms with Gasteiger partial charge in [-0.15, -0.1) is 11.3 Å². The van der Waals surface area contributed by atoms with Crippen molar-refractivity contribution < 1.29 is 9.21 Å². The lowest BCUT2D eigenvalue weighted by Crippen LogP contribution is -2.27. The van der Waals surface area contributed by atoms with Gasteiger partial charge < -0.3 is 9.73 Å². The molecule has 0 bridgehead atoms. The molecule has 0 saturated heterocycles. The summed E-state index contributed by atoms with van der Waals surface area (Å²) in [7, 11) is 0. The number of thiazole rings is 1. The van der Waals surface area contributed by atoms with Crippen LogP contribution >= 0.6 is 11.3 Å². The van der Waals surface area contributed by atoms with Crippen molar-refractivity contribution in [3.63, 3.8) is 0 Å². The number of amides is 1. The topological polar surface area (TPSA) is 73.0 Å². The summed E-state index contributed by atoms with van der Waals surface area (Å²) in [4.78, 5) is 16.5. The summed E-state index contributed by atoms with van der Waals surface area (Å²) in [6.45, 7) is 1.06. The van der Waals surface area contributed by atoms with Crippen molar-refractivity contribution in [1.29, 1.82) is 0 Å². The van der Waals surface area contributed by atoms with Gasteiger partial charge in [-0.2, -0.15) is 5.10 Å². The summed E-state index contributed by atoms with van der Waals surface area (Å²) in [6.07, 6.45) is 5.27. The summed E-state index contributed by atoms with van der Waals surface area (Å²) in [5.74, 6) is 0.620. The summed E-state index contributed by atoms with van der Waals surface area (Å²) < 4.78 is 8.12. The summed E-state index contributed by atoms with van der Waals surface area (Å²) in [5, 5.41) is 7.63. The number of carbonyl (C=O) groups is 1. The summed E-state index contributed by atoms with van der Waals surface area (Å²) >= 11 is 1.40. The Bertz CT molecular complexity index is 938. The van der Waals surface area contributed by atoms with Crippen LogP contribution in [0.5, 0.6) is 0 Å². The average molecular weight is 338 g/mol. The van der Waals surface area contributed by atoms with Gasteiger partial charge in [0.15, 0.2) is 5.01 Å². The van der Waals surface area contributed by atoms with E-state index in [-0.39, 0.29) is 5.91 Å². The molecule has 3 aromatic heterocycles. The number of hydrogen-bond donors (Lipinski definition) is 1. The van der Waals surface area contributed by atoms with E-state index < -0.39 is 0 Å². The zero-order valence-electron chi connectivity index (χ0n) is 12.7. The SMILES string of the molecule is O=C(NCCn1cc(-c2ccco2)cn1)c1nc2ccccc2s1. The number of fused-ring (bicyclic) bond motifs is 1. The molecule has 120 valence electrons. The molecule has 0 radical (unpaired) electrons. The number of carbonyl (C=O) groups excluding carboxylic acids is 1. The number of furan rings is 1. The number of hydrogen-bond acceptors (Lipinski definition) is 5. The lowest BCUT2D eigenvalue weighted by atomic mass is 10.3. The van der Waals surface area contributed by atoms with E-state index in [1.165, 1.54) is 11.3 Å². The predicted octanol–water partition coefficient (Wildman–Crippen LogP) is 3.18. The second-order valence-electron chi connectivity index (χ2n) is 5.21. The molecule has 0 aliphatic rings. The Morgan fingerprint density at radius 3 is 3.00 bits per heavy atom. The molecule has 0 unspecified atom stereocenters. The Balaban J connectivity index is 1.36. The van der Waals surface area contributed by atoms with Gasteiger partial charge in [-0.05, 0) is 24.3 Å². The van der Waals surface area contributed by atoms with Gasteiger partial charge in [0.1, 0.15) is 5.76 Å². The van der Waals surface area contributed by atoms with Crippen LogP contribution in [0.4, 0.5) is 0 Å². The maximum atomic E-state index is 12.2. The third kappa shape index (κ3) is 2.93. The molecule has 1 aromatic carbocycles. The van der Waals surface area contributed by atoms with Crippen LogP contribution in [-0.4, -0.2) is 27.2 Å². The van der Waals surface area contributed by atoms with Crippen LogP contribution < -0.4 is 5.32 Å². The van der Waals surface area contributed by atoms with Gasteiger partial charge in [0, 0.05) is 12.7 Å². The van der Waals surface area contributed by atoms with Gasteiger partial charge in [-0.25, -0.2) is 4.98 Å². The third-order valence-corrected chi connectivity index (χ3v) is 4.59. The van der Waals surface area contributed by atoms with Crippen molar-refractivity contribution >= 4 is 27.5 Å². The van der Waals surface area contributed by atoms with Crippen LogP contribution in [0.25, 0.3) is 21.5 Å². The number of benzene rings is 1. The van der Waals surface area contributed by atoms with Crippen molar-refractivity contribution in [3.05, 3.63) is 60.1 Å². The first-order valence-corrected chi connectivity index (χ1v) is 8.31. The first kappa shape index (κ1) is 14.6. The fourth-order valence-corrected chi connectivity index (χ4v) is 3.27. The van der Waals surface area contributed by atoms with Crippen LogP contribution in [0.3, 0.4) is 0 Å². The van der Waals surface area contributed by atoms with Crippen LogP contribution in [0, 0.1) is 0 Å². The number of nitrogens with one attached hydrogen (secondary N) is 1. The number of para-hydroxylation sites is 1. The molecular formula is C17H14N4O2S. The number of aromatic nitrogens is 3. The number of rotatable bonds is 5. The first-order valence-electron chi connectivity index (χ1n) is 7.50. The van der Waals surface area contributed by atoms with Crippen molar-refractivity contribution in [2.75, 3.05) is 6.54 Å². The molecule has 0 fully saturated rings. The molecule has 7 heteroatoms. The van der Waals surface area contributed by atoms with Crippen molar-refractivity contribution in [2.45, 2.75) is 6.54 Å². The van der Waals surface area contributed by atoms with E-state index in [0.717, 1.165) is 21.5 Å². The van der Waals surface area contributed by atoms with Crippen LogP contribution in [0.2, 0.25) is 0 Å². The fourth-order valence-electron chi connectivity index (χ4n) is 2.38. The molecule has 0 aliphatic heterocycles. The van der Waals surface area contributed by atoms with Gasteiger partial charge in [0.05, 0.1) is 34.8 Å². The van der Waals surface area contributed by atoms with Crippen molar-refractivity contribution in [2.24, 2.45) is 0 Å². The quantitative estimate of drug-likeness (QED) is 0.606. The lowest BCUT2D eigenvalue weighted by Gasteiger charge is -2.03. The third-order valence-electron chi connectivity index (χ3n) is 3.55. The molecule has 6 nitrogen and oxygen atoms in total. The van der Waals surface area contributed by atoms with E-state index in [1.807, 2.05) is 42.6 Å².